The Labute approximate surface area is 135 Å². The lowest BCUT2D eigenvalue weighted by Crippen LogP contribution is -2.43. The van der Waals surface area contributed by atoms with Crippen LogP contribution in [0.3, 0.4) is 0 Å². The van der Waals surface area contributed by atoms with Crippen molar-refractivity contribution in [2.75, 3.05) is 32.7 Å². The third-order valence-corrected chi connectivity index (χ3v) is 5.13. The summed E-state index contributed by atoms with van der Waals surface area (Å²) in [7, 11) is 0. The summed E-state index contributed by atoms with van der Waals surface area (Å²) in [5.74, 6) is 0.964. The van der Waals surface area contributed by atoms with Crippen molar-refractivity contribution in [1.82, 2.24) is 9.80 Å². The number of carbonyl (C=O) groups excluding carboxylic acids is 1. The predicted molar refractivity (Wildman–Crippen MR) is 89.7 cm³/mol. The Morgan fingerprint density at radius 3 is 2.64 bits per heavy atom. The number of β-amino-alcohol motifs (C(OH)–C–C–N with tert-alkyl or cyclic N) is 1. The van der Waals surface area contributed by atoms with Gasteiger partial charge in [0.05, 0.1) is 6.10 Å². The first-order chi connectivity index (χ1) is 10.7. The maximum absolute atomic E-state index is 12.3. The van der Waals surface area contributed by atoms with Gasteiger partial charge in [-0.25, -0.2) is 0 Å². The standard InChI is InChI=1S/C18H34N2O2/c1-2-3-4-5-6-9-18(22)20-11-7-8-16(14-20)13-19-12-10-17(21)15-19/h16-17,21H,2-15H2,1H3/t16-,17+/m0/s1. The number of rotatable bonds is 8. The lowest BCUT2D eigenvalue weighted by atomic mass is 9.97. The first kappa shape index (κ1) is 17.7. The highest BCUT2D eigenvalue weighted by Gasteiger charge is 2.27. The van der Waals surface area contributed by atoms with Gasteiger partial charge in [-0.15, -0.1) is 0 Å². The summed E-state index contributed by atoms with van der Waals surface area (Å²) in [5, 5.41) is 9.62. The number of unbranched alkanes of at least 4 members (excludes halogenated alkanes) is 4. The molecule has 0 bridgehead atoms. The molecule has 2 rings (SSSR count). The highest BCUT2D eigenvalue weighted by Crippen LogP contribution is 2.21. The Morgan fingerprint density at radius 2 is 1.91 bits per heavy atom. The second-order valence-corrected chi connectivity index (χ2v) is 7.21. The number of hydrogen-bond donors (Lipinski definition) is 1. The van der Waals surface area contributed by atoms with Crippen molar-refractivity contribution in [2.24, 2.45) is 5.92 Å². The van der Waals surface area contributed by atoms with Gasteiger partial charge in [-0.1, -0.05) is 32.6 Å². The Bertz CT molecular complexity index is 335. The highest BCUT2D eigenvalue weighted by molar-refractivity contribution is 5.76. The SMILES string of the molecule is CCCCCCCC(=O)N1CCC[C@@H](CN2CC[C@@H](O)C2)C1. The maximum atomic E-state index is 12.3. The molecule has 2 fully saturated rings. The van der Waals surface area contributed by atoms with Crippen LogP contribution in [0.15, 0.2) is 0 Å². The summed E-state index contributed by atoms with van der Waals surface area (Å²) in [5.41, 5.74) is 0. The zero-order valence-corrected chi connectivity index (χ0v) is 14.3. The molecular formula is C18H34N2O2. The minimum absolute atomic E-state index is 0.135. The number of aliphatic hydroxyl groups is 1. The van der Waals surface area contributed by atoms with Gasteiger partial charge in [-0.2, -0.15) is 0 Å². The summed E-state index contributed by atoms with van der Waals surface area (Å²) in [6.45, 7) is 6.99. The number of aliphatic hydroxyl groups excluding tert-OH is 1. The molecule has 0 aromatic heterocycles. The molecule has 2 heterocycles. The van der Waals surface area contributed by atoms with Crippen LogP contribution in [0.2, 0.25) is 0 Å². The molecule has 0 aromatic rings. The van der Waals surface area contributed by atoms with Gasteiger partial charge in [0.15, 0.2) is 0 Å². The van der Waals surface area contributed by atoms with Crippen LogP contribution >= 0.6 is 0 Å². The van der Waals surface area contributed by atoms with E-state index in [4.69, 9.17) is 0 Å². The Morgan fingerprint density at radius 1 is 1.09 bits per heavy atom. The summed E-state index contributed by atoms with van der Waals surface area (Å²) in [4.78, 5) is 16.8. The molecule has 0 unspecified atom stereocenters. The lowest BCUT2D eigenvalue weighted by Gasteiger charge is -2.34. The lowest BCUT2D eigenvalue weighted by molar-refractivity contribution is -0.133. The molecule has 0 saturated carbocycles. The molecule has 2 saturated heterocycles. The van der Waals surface area contributed by atoms with Crippen LogP contribution in [-0.4, -0.2) is 59.6 Å². The van der Waals surface area contributed by atoms with Gasteiger partial charge in [0, 0.05) is 39.1 Å². The summed E-state index contributed by atoms with van der Waals surface area (Å²) in [6, 6.07) is 0. The fourth-order valence-corrected chi connectivity index (χ4v) is 3.82. The summed E-state index contributed by atoms with van der Waals surface area (Å²) >= 11 is 0. The molecule has 2 aliphatic heterocycles. The smallest absolute Gasteiger partial charge is 0.222 e. The van der Waals surface area contributed by atoms with E-state index in [2.05, 4.69) is 16.7 Å². The Balaban J connectivity index is 1.65. The third-order valence-electron chi connectivity index (χ3n) is 5.13. The monoisotopic (exact) mass is 310 g/mol. The number of carbonyl (C=O) groups is 1. The van der Waals surface area contributed by atoms with Crippen molar-refractivity contribution in [3.63, 3.8) is 0 Å². The van der Waals surface area contributed by atoms with Crippen LogP contribution in [0.4, 0.5) is 0 Å². The van der Waals surface area contributed by atoms with E-state index in [1.54, 1.807) is 0 Å². The molecule has 0 radical (unpaired) electrons. The first-order valence-corrected chi connectivity index (χ1v) is 9.37. The van der Waals surface area contributed by atoms with E-state index in [0.29, 0.717) is 11.8 Å². The highest BCUT2D eigenvalue weighted by atomic mass is 16.3. The number of amides is 1. The molecule has 0 aliphatic carbocycles. The molecule has 1 amide bonds. The average Bonchev–Trinajstić information content (AvgIpc) is 2.92. The maximum Gasteiger partial charge on any atom is 0.222 e. The molecule has 1 N–H and O–H groups in total. The first-order valence-electron chi connectivity index (χ1n) is 9.37. The number of likely N-dealkylation sites (tertiary alicyclic amines) is 2. The van der Waals surface area contributed by atoms with Gasteiger partial charge in [0.1, 0.15) is 0 Å². The molecule has 4 nitrogen and oxygen atoms in total. The third kappa shape index (κ3) is 5.88. The van der Waals surface area contributed by atoms with E-state index >= 15 is 0 Å². The van der Waals surface area contributed by atoms with E-state index in [1.807, 2.05) is 0 Å². The van der Waals surface area contributed by atoms with E-state index in [9.17, 15) is 9.90 Å². The molecule has 4 heteroatoms. The van der Waals surface area contributed by atoms with Crippen molar-refractivity contribution in [2.45, 2.75) is 70.8 Å². The van der Waals surface area contributed by atoms with Gasteiger partial charge < -0.3 is 14.9 Å². The fraction of sp³-hybridized carbons (Fsp3) is 0.944. The molecule has 0 aromatic carbocycles. The van der Waals surface area contributed by atoms with Gasteiger partial charge in [-0.3, -0.25) is 4.79 Å². The number of nitrogens with zero attached hydrogens (tertiary/aromatic N) is 2. The molecule has 0 spiro atoms. The van der Waals surface area contributed by atoms with Crippen LogP contribution in [0.5, 0.6) is 0 Å². The molecule has 2 atom stereocenters. The van der Waals surface area contributed by atoms with Crippen molar-refractivity contribution in [3.05, 3.63) is 0 Å². The second kappa shape index (κ2) is 9.51. The van der Waals surface area contributed by atoms with Crippen molar-refractivity contribution in [3.8, 4) is 0 Å². The van der Waals surface area contributed by atoms with Crippen LogP contribution in [0.25, 0.3) is 0 Å². The largest absolute Gasteiger partial charge is 0.392 e. The van der Waals surface area contributed by atoms with Crippen LogP contribution in [0, 0.1) is 5.92 Å². The Hall–Kier alpha value is -0.610. The fourth-order valence-electron chi connectivity index (χ4n) is 3.82. The van der Waals surface area contributed by atoms with E-state index in [0.717, 1.165) is 58.4 Å². The zero-order valence-electron chi connectivity index (χ0n) is 14.3. The predicted octanol–water partition coefficient (Wildman–Crippen LogP) is 2.65. The van der Waals surface area contributed by atoms with Crippen molar-refractivity contribution >= 4 is 5.91 Å². The zero-order chi connectivity index (χ0) is 15.8. The van der Waals surface area contributed by atoms with Crippen LogP contribution < -0.4 is 0 Å². The van der Waals surface area contributed by atoms with Crippen LogP contribution in [-0.2, 0) is 4.79 Å². The molecule has 22 heavy (non-hydrogen) atoms. The molecular weight excluding hydrogens is 276 g/mol. The number of hydrogen-bond acceptors (Lipinski definition) is 3. The molecule has 2 aliphatic rings. The van der Waals surface area contributed by atoms with Gasteiger partial charge >= 0.3 is 0 Å². The minimum atomic E-state index is -0.135. The van der Waals surface area contributed by atoms with E-state index in [1.165, 1.54) is 32.1 Å². The second-order valence-electron chi connectivity index (χ2n) is 7.21. The molecule has 128 valence electrons. The quantitative estimate of drug-likeness (QED) is 0.701. The van der Waals surface area contributed by atoms with Crippen molar-refractivity contribution < 1.29 is 9.90 Å². The minimum Gasteiger partial charge on any atom is -0.392 e. The van der Waals surface area contributed by atoms with Gasteiger partial charge in [0.2, 0.25) is 5.91 Å². The number of piperidine rings is 1. The summed E-state index contributed by atoms with van der Waals surface area (Å²) < 4.78 is 0. The normalized spacial score (nSPS) is 26.5. The topological polar surface area (TPSA) is 43.8 Å². The van der Waals surface area contributed by atoms with Crippen molar-refractivity contribution in [1.29, 1.82) is 0 Å². The van der Waals surface area contributed by atoms with E-state index < -0.39 is 0 Å². The Kier molecular flexibility index (Phi) is 7.67. The van der Waals surface area contributed by atoms with Crippen LogP contribution in [0.1, 0.15) is 64.7 Å². The average molecular weight is 310 g/mol. The van der Waals surface area contributed by atoms with Gasteiger partial charge in [0.25, 0.3) is 0 Å². The van der Waals surface area contributed by atoms with E-state index in [-0.39, 0.29) is 6.10 Å². The summed E-state index contributed by atoms with van der Waals surface area (Å²) in [6.07, 6.45) is 9.95. The van der Waals surface area contributed by atoms with Gasteiger partial charge in [-0.05, 0) is 31.6 Å².